The highest BCUT2D eigenvalue weighted by Crippen LogP contribution is 2.28. The van der Waals surface area contributed by atoms with Gasteiger partial charge >= 0.3 is 0 Å². The van der Waals surface area contributed by atoms with Gasteiger partial charge in [-0.25, -0.2) is 4.98 Å². The van der Waals surface area contributed by atoms with Crippen molar-refractivity contribution in [3.63, 3.8) is 0 Å². The third-order valence-corrected chi connectivity index (χ3v) is 4.60. The van der Waals surface area contributed by atoms with Crippen molar-refractivity contribution in [3.05, 3.63) is 89.9 Å². The number of rotatable bonds is 4. The Morgan fingerprint density at radius 2 is 1.85 bits per heavy atom. The summed E-state index contributed by atoms with van der Waals surface area (Å²) < 4.78 is 1.61. The van der Waals surface area contributed by atoms with Crippen LogP contribution in [-0.2, 0) is 0 Å². The zero-order chi connectivity index (χ0) is 18.8. The van der Waals surface area contributed by atoms with E-state index in [0.717, 1.165) is 28.7 Å². The maximum atomic E-state index is 12.9. The molecule has 0 aliphatic rings. The molecule has 0 bridgehead atoms. The predicted molar refractivity (Wildman–Crippen MR) is 105 cm³/mol. The molecule has 0 fully saturated rings. The molecule has 0 atom stereocenters. The van der Waals surface area contributed by atoms with Crippen molar-refractivity contribution in [1.82, 2.24) is 9.38 Å². The van der Waals surface area contributed by atoms with Crippen LogP contribution in [0.5, 0.6) is 0 Å². The van der Waals surface area contributed by atoms with Crippen LogP contribution in [0.4, 0.5) is 5.69 Å². The van der Waals surface area contributed by atoms with Crippen LogP contribution < -0.4 is 5.32 Å². The Kier molecular flexibility index (Phi) is 4.26. The fourth-order valence-electron chi connectivity index (χ4n) is 3.19. The molecule has 27 heavy (non-hydrogen) atoms. The van der Waals surface area contributed by atoms with Crippen molar-refractivity contribution >= 4 is 23.5 Å². The summed E-state index contributed by atoms with van der Waals surface area (Å²) in [5.41, 5.74) is 5.16. The highest BCUT2D eigenvalue weighted by Gasteiger charge is 2.15. The van der Waals surface area contributed by atoms with Gasteiger partial charge in [-0.15, -0.1) is 0 Å². The summed E-state index contributed by atoms with van der Waals surface area (Å²) >= 11 is 0. The number of hydrogen-bond acceptors (Lipinski definition) is 3. The molecule has 1 amide bonds. The third-order valence-electron chi connectivity index (χ3n) is 4.60. The second kappa shape index (κ2) is 6.88. The average molecular weight is 355 g/mol. The van der Waals surface area contributed by atoms with Gasteiger partial charge in [0.1, 0.15) is 11.3 Å². The Hall–Kier alpha value is -3.73. The van der Waals surface area contributed by atoms with Crippen molar-refractivity contribution in [2.45, 2.75) is 6.92 Å². The maximum Gasteiger partial charge on any atom is 0.259 e. The SMILES string of the molecule is Cc1c(NC(=O)c2cccn3c(C=O)cnc23)cccc1-c1ccccc1. The average Bonchev–Trinajstić information content (AvgIpc) is 3.13. The normalized spacial score (nSPS) is 10.7. The molecule has 5 heteroatoms. The smallest absolute Gasteiger partial charge is 0.259 e. The van der Waals surface area contributed by atoms with Gasteiger partial charge in [-0.05, 0) is 41.8 Å². The second-order valence-corrected chi connectivity index (χ2v) is 6.21. The lowest BCUT2D eigenvalue weighted by atomic mass is 9.99. The van der Waals surface area contributed by atoms with Crippen molar-refractivity contribution < 1.29 is 9.59 Å². The largest absolute Gasteiger partial charge is 0.322 e. The molecule has 0 saturated carbocycles. The number of hydrogen-bond donors (Lipinski definition) is 1. The van der Waals surface area contributed by atoms with Crippen molar-refractivity contribution in [1.29, 1.82) is 0 Å². The molecule has 0 radical (unpaired) electrons. The van der Waals surface area contributed by atoms with Crippen molar-refractivity contribution in [2.75, 3.05) is 5.32 Å². The summed E-state index contributed by atoms with van der Waals surface area (Å²) in [6, 6.07) is 19.3. The quantitative estimate of drug-likeness (QED) is 0.553. The summed E-state index contributed by atoms with van der Waals surface area (Å²) in [5.74, 6) is -0.267. The lowest BCUT2D eigenvalue weighted by Gasteiger charge is -2.13. The van der Waals surface area contributed by atoms with E-state index in [9.17, 15) is 9.59 Å². The molecular formula is C22H17N3O2. The monoisotopic (exact) mass is 355 g/mol. The minimum Gasteiger partial charge on any atom is -0.322 e. The van der Waals surface area contributed by atoms with Crippen LogP contribution in [0.3, 0.4) is 0 Å². The van der Waals surface area contributed by atoms with Crippen LogP contribution in [0.15, 0.2) is 73.1 Å². The van der Waals surface area contributed by atoms with E-state index in [4.69, 9.17) is 0 Å². The Labute approximate surface area is 156 Å². The molecule has 132 valence electrons. The molecule has 1 N–H and O–H groups in total. The van der Waals surface area contributed by atoms with Crippen molar-refractivity contribution in [3.8, 4) is 11.1 Å². The van der Waals surface area contributed by atoms with Crippen LogP contribution in [0.1, 0.15) is 26.4 Å². The molecule has 2 aromatic heterocycles. The molecular weight excluding hydrogens is 338 g/mol. The van der Waals surface area contributed by atoms with Gasteiger partial charge in [0, 0.05) is 11.9 Å². The number of amides is 1. The van der Waals surface area contributed by atoms with E-state index in [2.05, 4.69) is 10.3 Å². The number of imidazole rings is 1. The fourth-order valence-corrected chi connectivity index (χ4v) is 3.19. The Bertz CT molecular complexity index is 1150. The standard InChI is InChI=1S/C22H17N3O2/c1-15-18(16-7-3-2-4-8-16)9-5-11-20(15)24-22(27)19-10-6-12-25-17(14-26)13-23-21(19)25/h2-14H,1H3,(H,24,27). The van der Waals surface area contributed by atoms with E-state index >= 15 is 0 Å². The van der Waals surface area contributed by atoms with Gasteiger partial charge in [-0.3, -0.25) is 14.0 Å². The number of carbonyl (C=O) groups excluding carboxylic acids is 2. The first-order valence-corrected chi connectivity index (χ1v) is 8.56. The summed E-state index contributed by atoms with van der Waals surface area (Å²) in [6.07, 6.45) is 3.89. The van der Waals surface area contributed by atoms with E-state index < -0.39 is 0 Å². The molecule has 5 nitrogen and oxygen atoms in total. The van der Waals surface area contributed by atoms with Gasteiger partial charge in [0.15, 0.2) is 6.29 Å². The van der Waals surface area contributed by atoms with Crippen LogP contribution in [-0.4, -0.2) is 21.6 Å². The lowest BCUT2D eigenvalue weighted by molar-refractivity contribution is 0.102. The first kappa shape index (κ1) is 16.7. The van der Waals surface area contributed by atoms with Crippen LogP contribution >= 0.6 is 0 Å². The molecule has 4 aromatic rings. The predicted octanol–water partition coefficient (Wildman–Crippen LogP) is 4.37. The van der Waals surface area contributed by atoms with Crippen LogP contribution in [0, 0.1) is 6.92 Å². The van der Waals surface area contributed by atoms with Crippen molar-refractivity contribution in [2.24, 2.45) is 0 Å². The first-order chi connectivity index (χ1) is 13.2. The fraction of sp³-hybridized carbons (Fsp3) is 0.0455. The molecule has 0 aliphatic heterocycles. The number of anilines is 1. The van der Waals surface area contributed by atoms with Gasteiger partial charge in [0.05, 0.1) is 11.8 Å². The summed E-state index contributed by atoms with van der Waals surface area (Å²) in [7, 11) is 0. The number of benzene rings is 2. The number of aldehydes is 1. The number of pyridine rings is 1. The molecule has 2 heterocycles. The highest BCUT2D eigenvalue weighted by atomic mass is 16.1. The Morgan fingerprint density at radius 1 is 1.04 bits per heavy atom. The second-order valence-electron chi connectivity index (χ2n) is 6.21. The summed E-state index contributed by atoms with van der Waals surface area (Å²) in [5, 5.41) is 2.98. The zero-order valence-corrected chi connectivity index (χ0v) is 14.7. The maximum absolute atomic E-state index is 12.9. The van der Waals surface area contributed by atoms with Gasteiger partial charge in [-0.1, -0.05) is 42.5 Å². The van der Waals surface area contributed by atoms with Gasteiger partial charge in [0.2, 0.25) is 0 Å². The van der Waals surface area contributed by atoms with E-state index in [1.165, 1.54) is 6.20 Å². The van der Waals surface area contributed by atoms with Crippen LogP contribution in [0.2, 0.25) is 0 Å². The van der Waals surface area contributed by atoms with Crippen LogP contribution in [0.25, 0.3) is 16.8 Å². The molecule has 4 rings (SSSR count). The highest BCUT2D eigenvalue weighted by molar-refractivity contribution is 6.09. The molecule has 2 aromatic carbocycles. The molecule has 0 aliphatic carbocycles. The number of aromatic nitrogens is 2. The summed E-state index contributed by atoms with van der Waals surface area (Å²) in [6.45, 7) is 1.98. The molecule has 0 spiro atoms. The Balaban J connectivity index is 1.70. The number of nitrogens with one attached hydrogen (secondary N) is 1. The van der Waals surface area contributed by atoms with Gasteiger partial charge < -0.3 is 5.32 Å². The van der Waals surface area contributed by atoms with Gasteiger partial charge in [0.25, 0.3) is 5.91 Å². The molecule has 0 saturated heterocycles. The third kappa shape index (κ3) is 3.00. The van der Waals surface area contributed by atoms with E-state index in [1.54, 1.807) is 22.7 Å². The van der Waals surface area contributed by atoms with E-state index in [1.807, 2.05) is 55.5 Å². The minimum absolute atomic E-state index is 0.267. The number of nitrogens with zero attached hydrogens (tertiary/aromatic N) is 2. The Morgan fingerprint density at radius 3 is 2.63 bits per heavy atom. The number of fused-ring (bicyclic) bond motifs is 1. The summed E-state index contributed by atoms with van der Waals surface area (Å²) in [4.78, 5) is 28.2. The van der Waals surface area contributed by atoms with E-state index in [-0.39, 0.29) is 5.91 Å². The van der Waals surface area contributed by atoms with Gasteiger partial charge in [-0.2, -0.15) is 0 Å². The first-order valence-electron chi connectivity index (χ1n) is 8.56. The van der Waals surface area contributed by atoms with E-state index in [0.29, 0.717) is 16.9 Å². The zero-order valence-electron chi connectivity index (χ0n) is 14.7. The number of carbonyl (C=O) groups is 2. The molecule has 0 unspecified atom stereocenters. The lowest BCUT2D eigenvalue weighted by Crippen LogP contribution is -2.14. The minimum atomic E-state index is -0.267. The topological polar surface area (TPSA) is 63.5 Å².